The van der Waals surface area contributed by atoms with Crippen LogP contribution in [0.4, 0.5) is 4.39 Å². The molecular weight excluding hydrogens is 455 g/mol. The fourth-order valence-electron chi connectivity index (χ4n) is 2.82. The number of nitrogens with one attached hydrogen (secondary N) is 1. The van der Waals surface area contributed by atoms with E-state index in [0.29, 0.717) is 24.3 Å². The van der Waals surface area contributed by atoms with Crippen molar-refractivity contribution in [3.8, 4) is 11.3 Å². The van der Waals surface area contributed by atoms with Gasteiger partial charge in [0, 0.05) is 43.5 Å². The summed E-state index contributed by atoms with van der Waals surface area (Å²) in [5.74, 6) is -3.23. The zero-order chi connectivity index (χ0) is 24.6. The first-order chi connectivity index (χ1) is 15.6. The van der Waals surface area contributed by atoms with Gasteiger partial charge in [-0.2, -0.15) is 4.39 Å². The second kappa shape index (κ2) is 11.1. The van der Waals surface area contributed by atoms with Crippen LogP contribution in [0.3, 0.4) is 0 Å². The van der Waals surface area contributed by atoms with Crippen LogP contribution in [0.5, 0.6) is 0 Å². The van der Waals surface area contributed by atoms with E-state index in [-0.39, 0.29) is 16.2 Å². The Hall–Kier alpha value is -3.90. The maximum Gasteiger partial charge on any atom is 0.328 e. The van der Waals surface area contributed by atoms with Crippen LogP contribution in [0.25, 0.3) is 11.3 Å². The molecular formula is C21H21FN4O6S. The zero-order valence-electron chi connectivity index (χ0n) is 17.6. The molecule has 10 nitrogen and oxygen atoms in total. The lowest BCUT2D eigenvalue weighted by Gasteiger charge is -2.11. The van der Waals surface area contributed by atoms with Gasteiger partial charge in [0.15, 0.2) is 0 Å². The van der Waals surface area contributed by atoms with Crippen molar-refractivity contribution >= 4 is 22.0 Å². The van der Waals surface area contributed by atoms with Crippen molar-refractivity contribution in [3.63, 3.8) is 0 Å². The summed E-state index contributed by atoms with van der Waals surface area (Å²) in [7, 11) is -2.16. The van der Waals surface area contributed by atoms with Gasteiger partial charge in [-0.05, 0) is 49.4 Å². The summed E-state index contributed by atoms with van der Waals surface area (Å²) in [5.41, 5.74) is 1.83. The van der Waals surface area contributed by atoms with Crippen LogP contribution in [-0.4, -0.2) is 51.6 Å². The van der Waals surface area contributed by atoms with Crippen molar-refractivity contribution in [2.24, 2.45) is 0 Å². The van der Waals surface area contributed by atoms with E-state index in [1.165, 1.54) is 36.9 Å². The minimum absolute atomic E-state index is 0.0338. The number of carboxylic acids is 2. The average molecular weight is 476 g/mol. The maximum atomic E-state index is 14.3. The molecule has 0 radical (unpaired) electrons. The molecule has 0 saturated carbocycles. The van der Waals surface area contributed by atoms with E-state index in [4.69, 9.17) is 10.2 Å². The normalized spacial score (nSPS) is 11.1. The van der Waals surface area contributed by atoms with E-state index < -0.39 is 27.9 Å². The first-order valence-electron chi connectivity index (χ1n) is 9.35. The Morgan fingerprint density at radius 2 is 1.79 bits per heavy atom. The van der Waals surface area contributed by atoms with Gasteiger partial charge in [-0.3, -0.25) is 4.98 Å². The Kier molecular flexibility index (Phi) is 8.54. The molecule has 0 saturated heterocycles. The van der Waals surface area contributed by atoms with Crippen molar-refractivity contribution < 1.29 is 32.6 Å². The summed E-state index contributed by atoms with van der Waals surface area (Å²) >= 11 is 0. The van der Waals surface area contributed by atoms with E-state index in [1.54, 1.807) is 26.1 Å². The summed E-state index contributed by atoms with van der Waals surface area (Å²) in [6.07, 6.45) is 6.71. The lowest BCUT2D eigenvalue weighted by Crippen LogP contribution is -2.14. The second-order valence-electron chi connectivity index (χ2n) is 6.50. The fourth-order valence-corrected chi connectivity index (χ4v) is 4.23. The summed E-state index contributed by atoms with van der Waals surface area (Å²) in [6.45, 7) is 2.22. The molecule has 3 N–H and O–H groups in total. The molecule has 12 heteroatoms. The largest absolute Gasteiger partial charge is 0.478 e. The number of carbonyl (C=O) groups is 2. The molecule has 3 aromatic heterocycles. The third-order valence-corrected chi connectivity index (χ3v) is 5.91. The van der Waals surface area contributed by atoms with Crippen molar-refractivity contribution in [2.45, 2.75) is 18.4 Å². The highest BCUT2D eigenvalue weighted by Gasteiger charge is 2.26. The van der Waals surface area contributed by atoms with Gasteiger partial charge in [-0.25, -0.2) is 27.0 Å². The molecule has 0 aliphatic rings. The molecule has 174 valence electrons. The Bertz CT molecular complexity index is 1260. The van der Waals surface area contributed by atoms with Crippen molar-refractivity contribution in [1.29, 1.82) is 0 Å². The number of nitrogens with zero attached hydrogens (tertiary/aromatic N) is 3. The molecule has 0 aliphatic heterocycles. The fraction of sp³-hybridized carbons (Fsp3) is 0.143. The van der Waals surface area contributed by atoms with Crippen LogP contribution in [0.1, 0.15) is 11.1 Å². The molecule has 33 heavy (non-hydrogen) atoms. The maximum absolute atomic E-state index is 14.3. The van der Waals surface area contributed by atoms with Gasteiger partial charge >= 0.3 is 11.9 Å². The van der Waals surface area contributed by atoms with Crippen molar-refractivity contribution in [3.05, 3.63) is 78.3 Å². The van der Waals surface area contributed by atoms with E-state index >= 15 is 0 Å². The second-order valence-corrected chi connectivity index (χ2v) is 8.31. The molecule has 0 aliphatic carbocycles. The van der Waals surface area contributed by atoms with Gasteiger partial charge in [0.25, 0.3) is 10.0 Å². The predicted molar refractivity (Wildman–Crippen MR) is 116 cm³/mol. The van der Waals surface area contributed by atoms with Gasteiger partial charge in [0.05, 0.1) is 11.3 Å². The predicted octanol–water partition coefficient (Wildman–Crippen LogP) is 2.06. The summed E-state index contributed by atoms with van der Waals surface area (Å²) in [4.78, 5) is 26.7. The van der Waals surface area contributed by atoms with Crippen LogP contribution in [0, 0.1) is 12.9 Å². The minimum atomic E-state index is -3.92. The Balaban J connectivity index is 0.000000414. The van der Waals surface area contributed by atoms with Gasteiger partial charge in [0.1, 0.15) is 4.90 Å². The van der Waals surface area contributed by atoms with Crippen LogP contribution in [-0.2, 0) is 26.2 Å². The van der Waals surface area contributed by atoms with Gasteiger partial charge < -0.3 is 15.5 Å². The highest BCUT2D eigenvalue weighted by Crippen LogP contribution is 2.32. The Morgan fingerprint density at radius 1 is 1.15 bits per heavy atom. The number of halogens is 1. The van der Waals surface area contributed by atoms with Crippen LogP contribution in [0.15, 0.2) is 66.1 Å². The number of carboxylic acid groups (broad SMARTS) is 2. The van der Waals surface area contributed by atoms with E-state index in [1.807, 2.05) is 0 Å². The molecule has 3 aromatic rings. The number of rotatable bonds is 7. The molecule has 0 fully saturated rings. The Labute approximate surface area is 189 Å². The Morgan fingerprint density at radius 3 is 2.30 bits per heavy atom. The van der Waals surface area contributed by atoms with Crippen LogP contribution >= 0.6 is 0 Å². The summed E-state index contributed by atoms with van der Waals surface area (Å²) in [6, 6.07) is 6.09. The van der Waals surface area contributed by atoms with E-state index in [2.05, 4.69) is 15.3 Å². The zero-order valence-corrected chi connectivity index (χ0v) is 18.5. The van der Waals surface area contributed by atoms with Crippen molar-refractivity contribution in [2.75, 3.05) is 7.05 Å². The molecule has 3 heterocycles. The first kappa shape index (κ1) is 25.4. The van der Waals surface area contributed by atoms with Crippen molar-refractivity contribution in [1.82, 2.24) is 19.3 Å². The molecule has 0 unspecified atom stereocenters. The van der Waals surface area contributed by atoms with Crippen LogP contribution < -0.4 is 5.32 Å². The molecule has 3 rings (SSSR count). The van der Waals surface area contributed by atoms with Crippen LogP contribution in [0.2, 0.25) is 0 Å². The highest BCUT2D eigenvalue weighted by atomic mass is 32.2. The number of pyridine rings is 2. The topological polar surface area (TPSA) is 151 Å². The van der Waals surface area contributed by atoms with E-state index in [9.17, 15) is 22.4 Å². The quantitative estimate of drug-likeness (QED) is 0.344. The number of hydrogen-bond donors (Lipinski definition) is 3. The number of hydrogen-bond acceptors (Lipinski definition) is 7. The molecule has 0 spiro atoms. The van der Waals surface area contributed by atoms with Gasteiger partial charge in [0.2, 0.25) is 5.95 Å². The first-order valence-corrected chi connectivity index (χ1v) is 10.8. The van der Waals surface area contributed by atoms with E-state index in [0.717, 1.165) is 9.54 Å². The number of aromatic nitrogens is 3. The van der Waals surface area contributed by atoms with Gasteiger partial charge in [-0.1, -0.05) is 0 Å². The third kappa shape index (κ3) is 6.30. The minimum Gasteiger partial charge on any atom is -0.478 e. The molecule has 0 bridgehead atoms. The highest BCUT2D eigenvalue weighted by molar-refractivity contribution is 7.90. The lowest BCUT2D eigenvalue weighted by atomic mass is 10.1. The molecule has 0 aromatic carbocycles. The lowest BCUT2D eigenvalue weighted by molar-refractivity contribution is -0.134. The number of aliphatic carboxylic acids is 2. The standard InChI is InChI=1S/C17H17FN4O2S.C4H4O4/c1-12-13(9-19-2)11-22(16(12)15-6-4-8-21-17(15)18)25(23,24)14-5-3-7-20-10-14;5-3(6)1-2-4(7)8/h3-8,10-11,19H,9H2,1-2H3;1-2H,(H,5,6)(H,7,8)/b;2-1+. The SMILES string of the molecule is CNCc1cn(S(=O)(=O)c2cccnc2)c(-c2cccnc2F)c1C.O=C(O)/C=C/C(=O)O. The summed E-state index contributed by atoms with van der Waals surface area (Å²) < 4.78 is 41.5. The van der Waals surface area contributed by atoms with Gasteiger partial charge in [-0.15, -0.1) is 0 Å². The average Bonchev–Trinajstić information content (AvgIpc) is 3.11. The smallest absolute Gasteiger partial charge is 0.328 e. The molecule has 0 amide bonds. The molecule has 0 atom stereocenters. The third-order valence-electron chi connectivity index (χ3n) is 4.27. The summed E-state index contributed by atoms with van der Waals surface area (Å²) in [5, 5.41) is 18.6. The monoisotopic (exact) mass is 476 g/mol.